The molecule has 144 valence electrons. The molecule has 0 spiro atoms. The molecule has 5 aromatic rings. The number of aromatic nitrogens is 6. The van der Waals surface area contributed by atoms with Gasteiger partial charge in [-0.3, -0.25) is 4.79 Å². The Morgan fingerprint density at radius 2 is 1.93 bits per heavy atom. The van der Waals surface area contributed by atoms with Crippen molar-refractivity contribution in [2.24, 2.45) is 0 Å². The van der Waals surface area contributed by atoms with Crippen LogP contribution in [-0.4, -0.2) is 30.2 Å². The van der Waals surface area contributed by atoms with E-state index in [1.165, 1.54) is 11.8 Å². The second-order valence-electron chi connectivity index (χ2n) is 6.80. The van der Waals surface area contributed by atoms with E-state index >= 15 is 0 Å². The zero-order valence-electron chi connectivity index (χ0n) is 15.7. The predicted molar refractivity (Wildman–Crippen MR) is 110 cm³/mol. The quantitative estimate of drug-likeness (QED) is 0.457. The Morgan fingerprint density at radius 1 is 1.14 bits per heavy atom. The molecule has 0 aliphatic rings. The standard InChI is InChI=1S/C20H16N6O2S/c1-11-7-12(2)9-13(8-11)26-20(23-24-25-26)29-10-16-21-17-14-5-3-4-6-15(14)28-18(17)19(27)22-16/h3-9H,10H2,1-2H3,(H,21,22,27). The van der Waals surface area contributed by atoms with Crippen LogP contribution in [0.25, 0.3) is 27.8 Å². The summed E-state index contributed by atoms with van der Waals surface area (Å²) in [6.45, 7) is 4.07. The molecule has 1 N–H and O–H groups in total. The Bertz CT molecular complexity index is 1400. The van der Waals surface area contributed by atoms with E-state index < -0.39 is 0 Å². The number of H-pyrrole nitrogens is 1. The second-order valence-corrected chi connectivity index (χ2v) is 7.74. The summed E-state index contributed by atoms with van der Waals surface area (Å²) in [7, 11) is 0. The van der Waals surface area contributed by atoms with Crippen LogP contribution in [0.3, 0.4) is 0 Å². The second kappa shape index (κ2) is 6.85. The SMILES string of the molecule is Cc1cc(C)cc(-n2nnnc2SCc2nc3c(oc4ccccc43)c(=O)[nH]2)c1. The van der Waals surface area contributed by atoms with Crippen LogP contribution in [0, 0.1) is 13.8 Å². The molecular weight excluding hydrogens is 388 g/mol. The molecule has 5 rings (SSSR count). The highest BCUT2D eigenvalue weighted by molar-refractivity contribution is 7.98. The fourth-order valence-corrected chi connectivity index (χ4v) is 4.11. The average molecular weight is 404 g/mol. The lowest BCUT2D eigenvalue weighted by atomic mass is 10.1. The third-order valence-corrected chi connectivity index (χ3v) is 5.44. The molecule has 0 saturated heterocycles. The normalized spacial score (nSPS) is 11.5. The monoisotopic (exact) mass is 404 g/mol. The van der Waals surface area contributed by atoms with Gasteiger partial charge in [-0.25, -0.2) is 4.98 Å². The van der Waals surface area contributed by atoms with Crippen LogP contribution >= 0.6 is 11.8 Å². The lowest BCUT2D eigenvalue weighted by molar-refractivity contribution is 0.660. The lowest BCUT2D eigenvalue weighted by Gasteiger charge is -2.06. The third-order valence-electron chi connectivity index (χ3n) is 4.51. The maximum atomic E-state index is 12.4. The van der Waals surface area contributed by atoms with E-state index in [2.05, 4.69) is 31.6 Å². The number of thioether (sulfide) groups is 1. The summed E-state index contributed by atoms with van der Waals surface area (Å²) in [5, 5.41) is 13.5. The molecule has 8 nitrogen and oxygen atoms in total. The fraction of sp³-hybridized carbons (Fsp3) is 0.150. The van der Waals surface area contributed by atoms with Crippen LogP contribution in [0.5, 0.6) is 0 Å². The Hall–Kier alpha value is -3.46. The van der Waals surface area contributed by atoms with Gasteiger partial charge in [0.2, 0.25) is 10.7 Å². The fourth-order valence-electron chi connectivity index (χ4n) is 3.35. The van der Waals surface area contributed by atoms with Gasteiger partial charge in [0, 0.05) is 5.39 Å². The lowest BCUT2D eigenvalue weighted by Crippen LogP contribution is -2.10. The summed E-state index contributed by atoms with van der Waals surface area (Å²) < 4.78 is 7.33. The molecule has 0 bridgehead atoms. The number of rotatable bonds is 4. The van der Waals surface area contributed by atoms with Crippen LogP contribution in [-0.2, 0) is 5.75 Å². The van der Waals surface area contributed by atoms with Gasteiger partial charge in [0.25, 0.3) is 5.56 Å². The minimum absolute atomic E-state index is 0.236. The van der Waals surface area contributed by atoms with Crippen LogP contribution in [0.2, 0.25) is 0 Å². The van der Waals surface area contributed by atoms with Gasteiger partial charge in [0.15, 0.2) is 0 Å². The largest absolute Gasteiger partial charge is 0.449 e. The summed E-state index contributed by atoms with van der Waals surface area (Å²) in [4.78, 5) is 19.8. The van der Waals surface area contributed by atoms with E-state index in [1.807, 2.05) is 50.2 Å². The summed E-state index contributed by atoms with van der Waals surface area (Å²) in [5.74, 6) is 0.949. The number of tetrazole rings is 1. The van der Waals surface area contributed by atoms with Crippen LogP contribution in [0.4, 0.5) is 0 Å². The smallest absolute Gasteiger partial charge is 0.294 e. The van der Waals surface area contributed by atoms with E-state index in [9.17, 15) is 4.79 Å². The number of aryl methyl sites for hydroxylation is 2. The van der Waals surface area contributed by atoms with Crippen molar-refractivity contribution in [1.29, 1.82) is 0 Å². The molecule has 29 heavy (non-hydrogen) atoms. The van der Waals surface area contributed by atoms with Crippen molar-refractivity contribution in [3.05, 3.63) is 69.8 Å². The molecule has 0 aliphatic heterocycles. The number of nitrogens with one attached hydrogen (secondary N) is 1. The predicted octanol–water partition coefficient (Wildman–Crippen LogP) is 3.55. The van der Waals surface area contributed by atoms with Gasteiger partial charge in [-0.1, -0.05) is 30.0 Å². The first-order valence-corrected chi connectivity index (χ1v) is 9.97. The molecular formula is C20H16N6O2S. The number of benzene rings is 2. The van der Waals surface area contributed by atoms with E-state index in [4.69, 9.17) is 4.42 Å². The zero-order valence-corrected chi connectivity index (χ0v) is 16.5. The van der Waals surface area contributed by atoms with Gasteiger partial charge in [0.1, 0.15) is 16.9 Å². The Labute approximate surface area is 169 Å². The maximum absolute atomic E-state index is 12.4. The van der Waals surface area contributed by atoms with Gasteiger partial charge in [-0.2, -0.15) is 4.68 Å². The van der Waals surface area contributed by atoms with Crippen molar-refractivity contribution in [3.63, 3.8) is 0 Å². The number of hydrogen-bond acceptors (Lipinski definition) is 7. The van der Waals surface area contributed by atoms with E-state index in [-0.39, 0.29) is 11.1 Å². The minimum Gasteiger partial charge on any atom is -0.449 e. The first-order chi connectivity index (χ1) is 14.1. The average Bonchev–Trinajstić information content (AvgIpc) is 3.30. The molecule has 0 saturated carbocycles. The molecule has 0 atom stereocenters. The highest BCUT2D eigenvalue weighted by Gasteiger charge is 2.15. The number of para-hydroxylation sites is 1. The number of furan rings is 1. The minimum atomic E-state index is -0.296. The topological polar surface area (TPSA) is 102 Å². The third kappa shape index (κ3) is 3.19. The van der Waals surface area contributed by atoms with Crippen molar-refractivity contribution in [2.75, 3.05) is 0 Å². The van der Waals surface area contributed by atoms with Gasteiger partial charge in [-0.05, 0) is 59.7 Å². The van der Waals surface area contributed by atoms with E-state index in [1.54, 1.807) is 4.68 Å². The summed E-state index contributed by atoms with van der Waals surface area (Å²) in [6.07, 6.45) is 0. The molecule has 0 radical (unpaired) electrons. The van der Waals surface area contributed by atoms with Crippen LogP contribution in [0.15, 0.2) is 56.8 Å². The van der Waals surface area contributed by atoms with Gasteiger partial charge >= 0.3 is 0 Å². The summed E-state index contributed by atoms with van der Waals surface area (Å²) >= 11 is 1.40. The first kappa shape index (κ1) is 17.6. The van der Waals surface area contributed by atoms with Crippen molar-refractivity contribution in [3.8, 4) is 5.69 Å². The maximum Gasteiger partial charge on any atom is 0.294 e. The Morgan fingerprint density at radius 3 is 2.76 bits per heavy atom. The number of aromatic amines is 1. The Balaban J connectivity index is 1.48. The van der Waals surface area contributed by atoms with Crippen LogP contribution < -0.4 is 5.56 Å². The van der Waals surface area contributed by atoms with Crippen molar-refractivity contribution in [1.82, 2.24) is 30.2 Å². The van der Waals surface area contributed by atoms with Gasteiger partial charge < -0.3 is 9.40 Å². The van der Waals surface area contributed by atoms with Crippen molar-refractivity contribution >= 4 is 33.8 Å². The van der Waals surface area contributed by atoms with Gasteiger partial charge in [-0.15, -0.1) is 5.10 Å². The summed E-state index contributed by atoms with van der Waals surface area (Å²) in [6, 6.07) is 13.6. The van der Waals surface area contributed by atoms with Crippen molar-refractivity contribution < 1.29 is 4.42 Å². The molecule has 0 unspecified atom stereocenters. The zero-order chi connectivity index (χ0) is 20.0. The summed E-state index contributed by atoms with van der Waals surface area (Å²) in [5.41, 5.74) is 4.31. The number of nitrogens with zero attached hydrogens (tertiary/aromatic N) is 5. The van der Waals surface area contributed by atoms with E-state index in [0.29, 0.717) is 27.8 Å². The highest BCUT2D eigenvalue weighted by Crippen LogP contribution is 2.26. The number of fused-ring (bicyclic) bond motifs is 3. The molecule has 0 aliphatic carbocycles. The molecule has 2 aromatic carbocycles. The highest BCUT2D eigenvalue weighted by atomic mass is 32.2. The Kier molecular flexibility index (Phi) is 4.17. The number of hydrogen-bond donors (Lipinski definition) is 1. The molecule has 0 amide bonds. The first-order valence-electron chi connectivity index (χ1n) is 8.99. The molecule has 3 heterocycles. The molecule has 0 fully saturated rings. The van der Waals surface area contributed by atoms with Crippen molar-refractivity contribution in [2.45, 2.75) is 24.8 Å². The van der Waals surface area contributed by atoms with Crippen LogP contribution in [0.1, 0.15) is 17.0 Å². The molecule has 3 aromatic heterocycles. The molecule has 9 heteroatoms. The van der Waals surface area contributed by atoms with E-state index in [0.717, 1.165) is 22.2 Å². The van der Waals surface area contributed by atoms with Gasteiger partial charge in [0.05, 0.1) is 11.4 Å².